The first-order chi connectivity index (χ1) is 13.9. The molecule has 0 saturated heterocycles. The monoisotopic (exact) mass is 401 g/mol. The molecule has 9 heteroatoms. The van der Waals surface area contributed by atoms with Crippen molar-refractivity contribution in [2.45, 2.75) is 12.7 Å². The lowest BCUT2D eigenvalue weighted by atomic mass is 10.1. The summed E-state index contributed by atoms with van der Waals surface area (Å²) >= 11 is 0. The molecule has 0 aliphatic carbocycles. The van der Waals surface area contributed by atoms with Crippen molar-refractivity contribution in [2.24, 2.45) is 0 Å². The van der Waals surface area contributed by atoms with Crippen LogP contribution in [-0.4, -0.2) is 28.1 Å². The largest absolute Gasteiger partial charge is 0.497 e. The first kappa shape index (κ1) is 18.7. The van der Waals surface area contributed by atoms with Gasteiger partial charge in [-0.2, -0.15) is 18.2 Å². The van der Waals surface area contributed by atoms with Gasteiger partial charge >= 0.3 is 6.18 Å². The smallest absolute Gasteiger partial charge is 0.416 e. The number of aldehydes is 1. The molecule has 0 spiro atoms. The van der Waals surface area contributed by atoms with Gasteiger partial charge in [0.25, 0.3) is 0 Å². The normalized spacial score (nSPS) is 11.7. The van der Waals surface area contributed by atoms with E-state index in [4.69, 9.17) is 9.26 Å². The number of halogens is 3. The second kappa shape index (κ2) is 7.08. The van der Waals surface area contributed by atoms with Crippen molar-refractivity contribution in [1.82, 2.24) is 14.7 Å². The Balaban J connectivity index is 1.66. The second-order valence-corrected chi connectivity index (χ2v) is 6.30. The van der Waals surface area contributed by atoms with E-state index in [1.54, 1.807) is 29.0 Å². The van der Waals surface area contributed by atoms with Crippen LogP contribution >= 0.6 is 0 Å². The summed E-state index contributed by atoms with van der Waals surface area (Å²) in [6.45, 7) is 0.155. The van der Waals surface area contributed by atoms with Crippen molar-refractivity contribution in [1.29, 1.82) is 0 Å². The maximum atomic E-state index is 12.9. The molecule has 148 valence electrons. The number of carbonyl (C=O) groups is 1. The number of fused-ring (bicyclic) bond motifs is 1. The van der Waals surface area contributed by atoms with Gasteiger partial charge in [-0.1, -0.05) is 17.3 Å². The zero-order chi connectivity index (χ0) is 20.6. The third-order valence-electron chi connectivity index (χ3n) is 4.47. The summed E-state index contributed by atoms with van der Waals surface area (Å²) < 4.78 is 50.9. The fourth-order valence-corrected chi connectivity index (χ4v) is 3.07. The predicted octanol–water partition coefficient (Wildman–Crippen LogP) is 4.58. The average Bonchev–Trinajstić information content (AvgIpc) is 3.32. The van der Waals surface area contributed by atoms with Gasteiger partial charge in [-0.25, -0.2) is 0 Å². The number of hydrogen-bond acceptors (Lipinski definition) is 5. The summed E-state index contributed by atoms with van der Waals surface area (Å²) in [5, 5.41) is 4.49. The third kappa shape index (κ3) is 3.58. The Morgan fingerprint density at radius 1 is 1.21 bits per heavy atom. The Morgan fingerprint density at radius 3 is 2.76 bits per heavy atom. The van der Waals surface area contributed by atoms with Crippen molar-refractivity contribution in [3.05, 3.63) is 65.7 Å². The number of hydrogen-bond donors (Lipinski definition) is 0. The fraction of sp³-hybridized carbons (Fsp3) is 0.150. The number of nitrogens with zero attached hydrogens (tertiary/aromatic N) is 3. The van der Waals surface area contributed by atoms with E-state index in [0.29, 0.717) is 16.7 Å². The molecule has 4 rings (SSSR count). The molecule has 2 aromatic carbocycles. The van der Waals surface area contributed by atoms with Crippen LogP contribution < -0.4 is 4.74 Å². The van der Waals surface area contributed by atoms with Gasteiger partial charge in [0.2, 0.25) is 11.7 Å². The molecule has 29 heavy (non-hydrogen) atoms. The Hall–Kier alpha value is -3.62. The van der Waals surface area contributed by atoms with Gasteiger partial charge in [0, 0.05) is 28.2 Å². The summed E-state index contributed by atoms with van der Waals surface area (Å²) in [7, 11) is 1.53. The van der Waals surface area contributed by atoms with Crippen LogP contribution in [0.2, 0.25) is 0 Å². The van der Waals surface area contributed by atoms with E-state index in [2.05, 4.69) is 10.1 Å². The maximum absolute atomic E-state index is 12.9. The SMILES string of the molecule is COc1ccc2c(c1)c(C=O)cn2Cc1nc(-c2cccc(C(F)(F)F)c2)no1. The van der Waals surface area contributed by atoms with Crippen LogP contribution in [0.3, 0.4) is 0 Å². The Kier molecular flexibility index (Phi) is 4.57. The van der Waals surface area contributed by atoms with Crippen LogP contribution in [0.15, 0.2) is 53.2 Å². The van der Waals surface area contributed by atoms with Crippen LogP contribution in [0.1, 0.15) is 21.8 Å². The number of rotatable bonds is 5. The molecule has 0 aliphatic heterocycles. The lowest BCUT2D eigenvalue weighted by molar-refractivity contribution is -0.137. The highest BCUT2D eigenvalue weighted by Crippen LogP contribution is 2.31. The molecular weight excluding hydrogens is 387 g/mol. The van der Waals surface area contributed by atoms with Gasteiger partial charge in [0.05, 0.1) is 12.7 Å². The van der Waals surface area contributed by atoms with E-state index in [0.717, 1.165) is 23.9 Å². The summed E-state index contributed by atoms with van der Waals surface area (Å²) in [4.78, 5) is 15.6. The average molecular weight is 401 g/mol. The predicted molar refractivity (Wildman–Crippen MR) is 97.7 cm³/mol. The van der Waals surface area contributed by atoms with Crippen LogP contribution in [0.4, 0.5) is 13.2 Å². The number of benzene rings is 2. The summed E-state index contributed by atoms with van der Waals surface area (Å²) in [5.41, 5.74) is 0.635. The molecule has 0 bridgehead atoms. The van der Waals surface area contributed by atoms with Crippen molar-refractivity contribution < 1.29 is 27.2 Å². The van der Waals surface area contributed by atoms with Crippen molar-refractivity contribution >= 4 is 17.2 Å². The van der Waals surface area contributed by atoms with Crippen LogP contribution in [0.25, 0.3) is 22.3 Å². The lowest BCUT2D eigenvalue weighted by Crippen LogP contribution is -2.04. The Labute approximate surface area is 162 Å². The van der Waals surface area contributed by atoms with E-state index in [1.165, 1.54) is 19.2 Å². The second-order valence-electron chi connectivity index (χ2n) is 6.30. The summed E-state index contributed by atoms with van der Waals surface area (Å²) in [6.07, 6.45) is -2.08. The van der Waals surface area contributed by atoms with Gasteiger partial charge < -0.3 is 13.8 Å². The molecule has 0 radical (unpaired) electrons. The van der Waals surface area contributed by atoms with E-state index in [9.17, 15) is 18.0 Å². The molecule has 2 aromatic heterocycles. The molecule has 0 unspecified atom stereocenters. The maximum Gasteiger partial charge on any atom is 0.416 e. The highest BCUT2D eigenvalue weighted by Gasteiger charge is 2.30. The van der Waals surface area contributed by atoms with Gasteiger partial charge in [-0.3, -0.25) is 4.79 Å². The summed E-state index contributed by atoms with van der Waals surface area (Å²) in [6, 6.07) is 10.0. The first-order valence-corrected chi connectivity index (χ1v) is 8.51. The van der Waals surface area contributed by atoms with Gasteiger partial charge in [-0.05, 0) is 30.3 Å². The zero-order valence-electron chi connectivity index (χ0n) is 15.1. The summed E-state index contributed by atoms with van der Waals surface area (Å²) in [5.74, 6) is 0.866. The van der Waals surface area contributed by atoms with Crippen molar-refractivity contribution in [2.75, 3.05) is 7.11 Å². The van der Waals surface area contributed by atoms with Crippen LogP contribution in [-0.2, 0) is 12.7 Å². The zero-order valence-corrected chi connectivity index (χ0v) is 15.1. The molecule has 0 atom stereocenters. The quantitative estimate of drug-likeness (QED) is 0.458. The fourth-order valence-electron chi connectivity index (χ4n) is 3.07. The Morgan fingerprint density at radius 2 is 2.03 bits per heavy atom. The molecule has 0 amide bonds. The van der Waals surface area contributed by atoms with Gasteiger partial charge in [0.15, 0.2) is 6.29 Å². The molecule has 2 heterocycles. The van der Waals surface area contributed by atoms with E-state index >= 15 is 0 Å². The third-order valence-corrected chi connectivity index (χ3v) is 4.47. The van der Waals surface area contributed by atoms with Crippen LogP contribution in [0, 0.1) is 0 Å². The molecule has 6 nitrogen and oxygen atoms in total. The number of carbonyl (C=O) groups excluding carboxylic acids is 1. The minimum absolute atomic E-state index is 0.0554. The number of methoxy groups -OCH3 is 1. The highest BCUT2D eigenvalue weighted by molar-refractivity contribution is 5.98. The van der Waals surface area contributed by atoms with E-state index in [1.807, 2.05) is 0 Å². The minimum Gasteiger partial charge on any atom is -0.497 e. The number of alkyl halides is 3. The molecule has 0 saturated carbocycles. The van der Waals surface area contributed by atoms with Crippen molar-refractivity contribution in [3.63, 3.8) is 0 Å². The van der Waals surface area contributed by atoms with Gasteiger partial charge in [0.1, 0.15) is 12.3 Å². The molecule has 4 aromatic rings. The molecule has 0 fully saturated rings. The first-order valence-electron chi connectivity index (χ1n) is 8.51. The Bertz CT molecular complexity index is 1190. The molecule has 0 aliphatic rings. The lowest BCUT2D eigenvalue weighted by Gasteiger charge is -2.06. The molecular formula is C20H14F3N3O3. The topological polar surface area (TPSA) is 70.2 Å². The van der Waals surface area contributed by atoms with Crippen LogP contribution in [0.5, 0.6) is 5.75 Å². The van der Waals surface area contributed by atoms with Gasteiger partial charge in [-0.15, -0.1) is 0 Å². The number of ether oxygens (including phenoxy) is 1. The highest BCUT2D eigenvalue weighted by atomic mass is 19.4. The number of aromatic nitrogens is 3. The van der Waals surface area contributed by atoms with E-state index in [-0.39, 0.29) is 23.8 Å². The van der Waals surface area contributed by atoms with Crippen molar-refractivity contribution in [3.8, 4) is 17.1 Å². The standard InChI is InChI=1S/C20H14F3N3O3/c1-28-15-5-6-17-16(8-15)13(11-27)9-26(17)10-18-24-19(25-29-18)12-3-2-4-14(7-12)20(21,22)23/h2-9,11H,10H2,1H3. The molecule has 0 N–H and O–H groups in total. The van der Waals surface area contributed by atoms with E-state index < -0.39 is 11.7 Å². The minimum atomic E-state index is -4.46.